The second-order valence-corrected chi connectivity index (χ2v) is 6.75. The third-order valence-electron chi connectivity index (χ3n) is 4.73. The smallest absolute Gasteiger partial charge is 0.238 e. The molecule has 0 radical (unpaired) electrons. The minimum absolute atomic E-state index is 0.238. The van der Waals surface area contributed by atoms with E-state index < -0.39 is 5.54 Å². The van der Waals surface area contributed by atoms with Crippen LogP contribution < -0.4 is 11.1 Å². The van der Waals surface area contributed by atoms with Crippen LogP contribution in [0, 0.1) is 0 Å². The summed E-state index contributed by atoms with van der Waals surface area (Å²) in [6, 6.07) is 11.1. The van der Waals surface area contributed by atoms with E-state index in [0.717, 1.165) is 32.4 Å². The van der Waals surface area contributed by atoms with E-state index in [9.17, 15) is 4.79 Å². The number of rotatable bonds is 6. The van der Waals surface area contributed by atoms with Crippen LogP contribution in [-0.4, -0.2) is 42.0 Å². The summed E-state index contributed by atoms with van der Waals surface area (Å²) < 4.78 is 0. The molecule has 2 aliphatic rings. The Labute approximate surface area is 126 Å². The molecule has 3 rings (SSSR count). The van der Waals surface area contributed by atoms with Crippen molar-refractivity contribution in [3.63, 3.8) is 0 Å². The zero-order chi connectivity index (χ0) is 14.9. The molecule has 1 saturated heterocycles. The van der Waals surface area contributed by atoms with Crippen molar-refractivity contribution in [2.24, 2.45) is 5.73 Å². The Hall–Kier alpha value is -1.39. The maximum atomic E-state index is 11.9. The monoisotopic (exact) mass is 287 g/mol. The van der Waals surface area contributed by atoms with Gasteiger partial charge in [0.2, 0.25) is 5.91 Å². The maximum Gasteiger partial charge on any atom is 0.238 e. The molecule has 2 atom stereocenters. The average Bonchev–Trinajstić information content (AvgIpc) is 3.15. The summed E-state index contributed by atoms with van der Waals surface area (Å²) in [6.45, 7) is 4.71. The molecule has 1 aromatic carbocycles. The van der Waals surface area contributed by atoms with Crippen LogP contribution in [0.2, 0.25) is 0 Å². The van der Waals surface area contributed by atoms with Gasteiger partial charge in [-0.25, -0.2) is 0 Å². The number of nitrogens with one attached hydrogen (secondary N) is 1. The van der Waals surface area contributed by atoms with E-state index in [2.05, 4.69) is 40.5 Å². The number of hydrogen-bond donors (Lipinski definition) is 2. The fourth-order valence-electron chi connectivity index (χ4n) is 3.29. The largest absolute Gasteiger partial charge is 0.368 e. The van der Waals surface area contributed by atoms with E-state index in [0.29, 0.717) is 18.5 Å². The SMILES string of the molecule is CC(CN1CCC(c2ccccc2)C1)(NC1CC1)C(N)=O. The number of likely N-dealkylation sites (tertiary alicyclic amines) is 1. The van der Waals surface area contributed by atoms with E-state index in [4.69, 9.17) is 5.73 Å². The summed E-state index contributed by atoms with van der Waals surface area (Å²) in [5.41, 5.74) is 6.44. The van der Waals surface area contributed by atoms with Gasteiger partial charge in [-0.2, -0.15) is 0 Å². The van der Waals surface area contributed by atoms with E-state index in [1.54, 1.807) is 0 Å². The lowest BCUT2D eigenvalue weighted by Gasteiger charge is -2.32. The average molecular weight is 287 g/mol. The van der Waals surface area contributed by atoms with Crippen LogP contribution >= 0.6 is 0 Å². The number of primary amides is 1. The third kappa shape index (κ3) is 3.44. The summed E-state index contributed by atoms with van der Waals surface area (Å²) >= 11 is 0. The minimum Gasteiger partial charge on any atom is -0.368 e. The highest BCUT2D eigenvalue weighted by Crippen LogP contribution is 2.29. The van der Waals surface area contributed by atoms with Crippen molar-refractivity contribution in [3.05, 3.63) is 35.9 Å². The molecular formula is C17H25N3O. The van der Waals surface area contributed by atoms with Crippen LogP contribution in [0.25, 0.3) is 0 Å². The molecule has 1 aromatic rings. The van der Waals surface area contributed by atoms with Crippen LogP contribution in [0.5, 0.6) is 0 Å². The first-order chi connectivity index (χ1) is 10.1. The third-order valence-corrected chi connectivity index (χ3v) is 4.73. The molecule has 0 aromatic heterocycles. The lowest BCUT2D eigenvalue weighted by Crippen LogP contribution is -2.60. The number of nitrogens with two attached hydrogens (primary N) is 1. The normalized spacial score (nSPS) is 25.7. The molecular weight excluding hydrogens is 262 g/mol. The second-order valence-electron chi connectivity index (χ2n) is 6.75. The van der Waals surface area contributed by atoms with Crippen LogP contribution in [0.3, 0.4) is 0 Å². The zero-order valence-electron chi connectivity index (χ0n) is 12.7. The van der Waals surface area contributed by atoms with Gasteiger partial charge in [-0.1, -0.05) is 30.3 Å². The molecule has 2 unspecified atom stereocenters. The van der Waals surface area contributed by atoms with Gasteiger partial charge < -0.3 is 10.6 Å². The van der Waals surface area contributed by atoms with Gasteiger partial charge in [-0.05, 0) is 44.2 Å². The van der Waals surface area contributed by atoms with E-state index in [1.165, 1.54) is 5.56 Å². The molecule has 4 heteroatoms. The summed E-state index contributed by atoms with van der Waals surface area (Å²) in [5, 5.41) is 3.43. The highest BCUT2D eigenvalue weighted by Gasteiger charge is 2.39. The van der Waals surface area contributed by atoms with Gasteiger partial charge in [0.15, 0.2) is 0 Å². The fraction of sp³-hybridized carbons (Fsp3) is 0.588. The van der Waals surface area contributed by atoms with E-state index in [1.807, 2.05) is 6.92 Å². The molecule has 1 saturated carbocycles. The fourth-order valence-corrected chi connectivity index (χ4v) is 3.29. The molecule has 1 amide bonds. The van der Waals surface area contributed by atoms with Crippen LogP contribution in [0.1, 0.15) is 37.7 Å². The topological polar surface area (TPSA) is 58.4 Å². The van der Waals surface area contributed by atoms with Crippen LogP contribution in [0.4, 0.5) is 0 Å². The molecule has 0 spiro atoms. The lowest BCUT2D eigenvalue weighted by molar-refractivity contribution is -0.124. The number of nitrogens with zero attached hydrogens (tertiary/aromatic N) is 1. The predicted molar refractivity (Wildman–Crippen MR) is 84.0 cm³/mol. The molecule has 2 fully saturated rings. The Morgan fingerprint density at radius 3 is 2.67 bits per heavy atom. The summed E-state index contributed by atoms with van der Waals surface area (Å²) in [6.07, 6.45) is 3.48. The maximum absolute atomic E-state index is 11.9. The number of benzene rings is 1. The number of carbonyl (C=O) groups excluding carboxylic acids is 1. The van der Waals surface area contributed by atoms with Crippen molar-refractivity contribution in [2.45, 2.75) is 43.7 Å². The van der Waals surface area contributed by atoms with Gasteiger partial charge in [0.05, 0.1) is 0 Å². The standard InChI is InChI=1S/C17H25N3O/c1-17(16(18)21,19-15-7-8-15)12-20-10-9-14(11-20)13-5-3-2-4-6-13/h2-6,14-15,19H,7-12H2,1H3,(H2,18,21). The Morgan fingerprint density at radius 1 is 1.33 bits per heavy atom. The number of carbonyl (C=O) groups is 1. The van der Waals surface area contributed by atoms with Gasteiger partial charge in [0.25, 0.3) is 0 Å². The highest BCUT2D eigenvalue weighted by atomic mass is 16.1. The van der Waals surface area contributed by atoms with Crippen LogP contribution in [-0.2, 0) is 4.79 Å². The Kier molecular flexibility index (Phi) is 4.00. The van der Waals surface area contributed by atoms with Crippen molar-refractivity contribution in [3.8, 4) is 0 Å². The summed E-state index contributed by atoms with van der Waals surface area (Å²) in [7, 11) is 0. The minimum atomic E-state index is -0.604. The van der Waals surface area contributed by atoms with Crippen molar-refractivity contribution in [1.29, 1.82) is 0 Å². The first kappa shape index (κ1) is 14.5. The molecule has 1 aliphatic carbocycles. The first-order valence-electron chi connectivity index (χ1n) is 7.92. The summed E-state index contributed by atoms with van der Waals surface area (Å²) in [4.78, 5) is 14.2. The number of amides is 1. The molecule has 1 aliphatic heterocycles. The zero-order valence-corrected chi connectivity index (χ0v) is 12.7. The van der Waals surface area contributed by atoms with Gasteiger partial charge in [0.1, 0.15) is 5.54 Å². The van der Waals surface area contributed by atoms with Gasteiger partial charge in [-0.15, -0.1) is 0 Å². The van der Waals surface area contributed by atoms with Crippen molar-refractivity contribution in [1.82, 2.24) is 10.2 Å². The van der Waals surface area contributed by atoms with Crippen molar-refractivity contribution >= 4 is 5.91 Å². The van der Waals surface area contributed by atoms with Gasteiger partial charge in [0, 0.05) is 19.1 Å². The predicted octanol–water partition coefficient (Wildman–Crippen LogP) is 1.47. The molecule has 21 heavy (non-hydrogen) atoms. The Morgan fingerprint density at radius 2 is 2.05 bits per heavy atom. The lowest BCUT2D eigenvalue weighted by atomic mass is 9.98. The van der Waals surface area contributed by atoms with Crippen LogP contribution in [0.15, 0.2) is 30.3 Å². The molecule has 3 N–H and O–H groups in total. The summed E-state index contributed by atoms with van der Waals surface area (Å²) in [5.74, 6) is 0.335. The number of hydrogen-bond acceptors (Lipinski definition) is 3. The Balaban J connectivity index is 1.61. The van der Waals surface area contributed by atoms with E-state index in [-0.39, 0.29) is 5.91 Å². The molecule has 0 bridgehead atoms. The Bertz CT molecular complexity index is 500. The van der Waals surface area contributed by atoms with Crippen molar-refractivity contribution in [2.75, 3.05) is 19.6 Å². The second kappa shape index (κ2) is 5.78. The quantitative estimate of drug-likeness (QED) is 0.833. The first-order valence-corrected chi connectivity index (χ1v) is 7.92. The molecule has 4 nitrogen and oxygen atoms in total. The van der Waals surface area contributed by atoms with E-state index >= 15 is 0 Å². The van der Waals surface area contributed by atoms with Gasteiger partial charge in [-0.3, -0.25) is 10.1 Å². The highest BCUT2D eigenvalue weighted by molar-refractivity contribution is 5.84. The van der Waals surface area contributed by atoms with Crippen molar-refractivity contribution < 1.29 is 4.79 Å². The molecule has 1 heterocycles. The van der Waals surface area contributed by atoms with Gasteiger partial charge >= 0.3 is 0 Å². The molecule has 114 valence electrons.